The molecule has 9 atom stereocenters. The van der Waals surface area contributed by atoms with Crippen molar-refractivity contribution in [2.24, 2.45) is 40.5 Å². The highest BCUT2D eigenvalue weighted by Crippen LogP contribution is 2.28. The molecule has 2 rings (SSSR count). The summed E-state index contributed by atoms with van der Waals surface area (Å²) in [5, 5.41) is 17.6. The Labute approximate surface area is 388 Å². The molecule has 24 nitrogen and oxygen atoms in total. The van der Waals surface area contributed by atoms with Gasteiger partial charge in [0.15, 0.2) is 0 Å². The molecule has 0 aromatic heterocycles. The molecule has 0 aromatic rings. The van der Waals surface area contributed by atoms with Crippen molar-refractivity contribution in [2.45, 2.75) is 133 Å². The number of hydrogen-bond donors (Lipinski definition) is 14. The molecule has 0 aromatic carbocycles. The zero-order valence-corrected chi connectivity index (χ0v) is 38.6. The Kier molecular flexibility index (Phi) is 24.1. The molecule has 1 heterocycles. The van der Waals surface area contributed by atoms with Gasteiger partial charge in [-0.1, -0.05) is 33.1 Å². The second-order valence-electron chi connectivity index (χ2n) is 16.2. The SMILES string of the molecule is CC[C@H](C)[C@H](NC(=O)[C@@H](NC(=O)[C@@H](N)CS)C1CCCC1)C(=O)N[C@@H](CCC(N)=O)C(=O)N[C@@H](CC(N)=O)C(=O)N[C@@H](CS)C(=O)N1CCC[C@H]1C(=O)N[C@@H](CCN)C(=O)NCC(N)=O. The summed E-state index contributed by atoms with van der Waals surface area (Å²) in [6.07, 6.45) is 2.28. The van der Waals surface area contributed by atoms with Gasteiger partial charge in [-0.25, -0.2) is 0 Å². The molecule has 65 heavy (non-hydrogen) atoms. The van der Waals surface area contributed by atoms with Crippen LogP contribution >= 0.6 is 25.3 Å². The summed E-state index contributed by atoms with van der Waals surface area (Å²) in [6, 6.07) is -10.2. The van der Waals surface area contributed by atoms with E-state index in [1.54, 1.807) is 13.8 Å². The normalized spacial score (nSPS) is 18.6. The van der Waals surface area contributed by atoms with Crippen LogP contribution in [0.4, 0.5) is 0 Å². The summed E-state index contributed by atoms with van der Waals surface area (Å²) in [4.78, 5) is 144. The molecule has 1 aliphatic carbocycles. The van der Waals surface area contributed by atoms with Crippen molar-refractivity contribution >= 4 is 90.2 Å². The predicted molar refractivity (Wildman–Crippen MR) is 242 cm³/mol. The Morgan fingerprint density at radius 1 is 0.646 bits per heavy atom. The molecule has 0 bridgehead atoms. The van der Waals surface area contributed by atoms with Gasteiger partial charge in [-0.3, -0.25) is 52.7 Å². The third kappa shape index (κ3) is 17.9. The molecule has 26 heteroatoms. The fourth-order valence-corrected chi connectivity index (χ4v) is 7.85. The van der Waals surface area contributed by atoms with Crippen LogP contribution < -0.4 is 65.9 Å². The van der Waals surface area contributed by atoms with E-state index in [1.165, 1.54) is 4.90 Å². The van der Waals surface area contributed by atoms with Crippen LogP contribution in [0.3, 0.4) is 0 Å². The Balaban J connectivity index is 2.30. The lowest BCUT2D eigenvalue weighted by Crippen LogP contribution is -2.62. The average molecular weight is 958 g/mol. The summed E-state index contributed by atoms with van der Waals surface area (Å²) >= 11 is 8.28. The van der Waals surface area contributed by atoms with Crippen molar-refractivity contribution in [1.29, 1.82) is 0 Å². The maximum atomic E-state index is 14.0. The van der Waals surface area contributed by atoms with Gasteiger partial charge in [0.05, 0.1) is 19.0 Å². The van der Waals surface area contributed by atoms with E-state index in [9.17, 15) is 52.7 Å². The highest BCUT2D eigenvalue weighted by Gasteiger charge is 2.41. The highest BCUT2D eigenvalue weighted by molar-refractivity contribution is 7.80. The summed E-state index contributed by atoms with van der Waals surface area (Å²) in [6.45, 7) is 3.03. The van der Waals surface area contributed by atoms with E-state index in [4.69, 9.17) is 28.7 Å². The Hall–Kier alpha value is -5.21. The number of primary amides is 3. The molecule has 2 fully saturated rings. The smallest absolute Gasteiger partial charge is 0.246 e. The van der Waals surface area contributed by atoms with Crippen molar-refractivity contribution < 1.29 is 52.7 Å². The second-order valence-corrected chi connectivity index (χ2v) is 17.0. The van der Waals surface area contributed by atoms with Crippen molar-refractivity contribution in [3.63, 3.8) is 0 Å². The lowest BCUT2D eigenvalue weighted by Gasteiger charge is -2.31. The number of likely N-dealkylation sites (tertiary alicyclic amines) is 1. The molecular formula is C39H67N13O11S2. The first-order valence-electron chi connectivity index (χ1n) is 21.6. The largest absolute Gasteiger partial charge is 0.370 e. The second kappa shape index (κ2) is 28.0. The maximum Gasteiger partial charge on any atom is 0.246 e. The fraction of sp³-hybridized carbons (Fsp3) is 0.718. The summed E-state index contributed by atoms with van der Waals surface area (Å²) in [5.41, 5.74) is 27.4. The molecule has 0 radical (unpaired) electrons. The van der Waals surface area contributed by atoms with Crippen molar-refractivity contribution in [3.8, 4) is 0 Å². The zero-order valence-electron chi connectivity index (χ0n) is 36.8. The van der Waals surface area contributed by atoms with Gasteiger partial charge in [-0.05, 0) is 56.9 Å². The van der Waals surface area contributed by atoms with Crippen LogP contribution in [0.25, 0.3) is 0 Å². The summed E-state index contributed by atoms with van der Waals surface area (Å²) in [5.74, 6) is -10.1. The third-order valence-electron chi connectivity index (χ3n) is 11.3. The van der Waals surface area contributed by atoms with E-state index in [0.29, 0.717) is 25.7 Å². The molecule has 11 amide bonds. The monoisotopic (exact) mass is 957 g/mol. The molecular weight excluding hydrogens is 891 g/mol. The number of nitrogens with zero attached hydrogens (tertiary/aromatic N) is 1. The number of thiol groups is 2. The number of carbonyl (C=O) groups is 11. The minimum absolute atomic E-state index is 0.00375. The van der Waals surface area contributed by atoms with E-state index in [2.05, 4.69) is 62.5 Å². The van der Waals surface area contributed by atoms with Crippen LogP contribution in [0, 0.1) is 11.8 Å². The van der Waals surface area contributed by atoms with Crippen molar-refractivity contribution in [1.82, 2.24) is 42.1 Å². The van der Waals surface area contributed by atoms with Gasteiger partial charge < -0.3 is 70.8 Å². The Bertz CT molecular complexity index is 1740. The highest BCUT2D eigenvalue weighted by atomic mass is 32.1. The van der Waals surface area contributed by atoms with Gasteiger partial charge >= 0.3 is 0 Å². The number of rotatable bonds is 28. The van der Waals surface area contributed by atoms with E-state index < -0.39 is 139 Å². The van der Waals surface area contributed by atoms with E-state index in [0.717, 1.165) is 12.8 Å². The average Bonchev–Trinajstić information content (AvgIpc) is 3.99. The number of nitrogens with one attached hydrogen (secondary N) is 7. The van der Waals surface area contributed by atoms with E-state index in [1.807, 2.05) is 0 Å². The molecule has 1 saturated heterocycles. The first-order chi connectivity index (χ1) is 30.7. The predicted octanol–water partition coefficient (Wildman–Crippen LogP) is -5.60. The van der Waals surface area contributed by atoms with Gasteiger partial charge in [0.2, 0.25) is 65.0 Å². The van der Waals surface area contributed by atoms with E-state index >= 15 is 0 Å². The molecule has 1 saturated carbocycles. The van der Waals surface area contributed by atoms with Gasteiger partial charge in [0, 0.05) is 24.5 Å². The first kappa shape index (κ1) is 55.9. The van der Waals surface area contributed by atoms with E-state index in [-0.39, 0.29) is 49.8 Å². The number of carbonyl (C=O) groups excluding carboxylic acids is 11. The van der Waals surface area contributed by atoms with Crippen LogP contribution in [0.2, 0.25) is 0 Å². The van der Waals surface area contributed by atoms with Crippen LogP contribution in [0.15, 0.2) is 0 Å². The van der Waals surface area contributed by atoms with Crippen LogP contribution in [-0.2, 0) is 52.7 Å². The number of amides is 11. The van der Waals surface area contributed by atoms with Gasteiger partial charge in [-0.15, -0.1) is 0 Å². The number of hydrogen-bond acceptors (Lipinski definition) is 15. The standard InChI is InChI=1S/C39H67N13O11S2/c1-3-19(2)30(50-38(62)31(20-7-4-5-8-20)51-32(56)21(41)17-64)37(61)47-22(10-11-27(42)53)34(58)48-24(15-28(43)54)35(59)49-25(18-65)39(63)52-14-6-9-26(52)36(60)46-23(12-13-40)33(57)45-16-29(44)55/h19-26,30-31,64-65H,3-18,40-41H2,1-2H3,(H2,42,53)(H2,43,54)(H2,44,55)(H,45,57)(H,46,60)(H,47,61)(H,48,58)(H,49,59)(H,50,62)(H,51,56)/t19-,21-,22-,23-,24-,25-,26-,30-,31-/m0/s1. The quantitative estimate of drug-likeness (QED) is 0.0326. The summed E-state index contributed by atoms with van der Waals surface area (Å²) < 4.78 is 0. The molecule has 2 aliphatic rings. The molecule has 0 spiro atoms. The lowest BCUT2D eigenvalue weighted by molar-refractivity contribution is -0.142. The minimum Gasteiger partial charge on any atom is -0.370 e. The number of nitrogens with two attached hydrogens (primary N) is 5. The van der Waals surface area contributed by atoms with Gasteiger partial charge in [0.25, 0.3) is 0 Å². The van der Waals surface area contributed by atoms with Crippen molar-refractivity contribution in [3.05, 3.63) is 0 Å². The zero-order chi connectivity index (χ0) is 49.0. The van der Waals surface area contributed by atoms with Crippen LogP contribution in [0.1, 0.15) is 84.5 Å². The van der Waals surface area contributed by atoms with Crippen LogP contribution in [-0.4, -0.2) is 149 Å². The van der Waals surface area contributed by atoms with Crippen molar-refractivity contribution in [2.75, 3.05) is 31.1 Å². The Morgan fingerprint density at radius 3 is 1.80 bits per heavy atom. The minimum atomic E-state index is -1.73. The maximum absolute atomic E-state index is 14.0. The third-order valence-corrected chi connectivity index (χ3v) is 12.0. The lowest BCUT2D eigenvalue weighted by atomic mass is 9.94. The fourth-order valence-electron chi connectivity index (χ4n) is 7.44. The molecule has 17 N–H and O–H groups in total. The van der Waals surface area contributed by atoms with Gasteiger partial charge in [-0.2, -0.15) is 25.3 Å². The molecule has 1 aliphatic heterocycles. The topological polar surface area (TPSA) is 405 Å². The van der Waals surface area contributed by atoms with Crippen LogP contribution in [0.5, 0.6) is 0 Å². The van der Waals surface area contributed by atoms with Gasteiger partial charge in [0.1, 0.15) is 42.3 Å². The molecule has 366 valence electrons. The summed E-state index contributed by atoms with van der Waals surface area (Å²) in [7, 11) is 0. The first-order valence-corrected chi connectivity index (χ1v) is 22.9. The Morgan fingerprint density at radius 2 is 1.25 bits per heavy atom. The molecule has 0 unspecified atom stereocenters.